The predicted octanol–water partition coefficient (Wildman–Crippen LogP) is 0.275. The van der Waals surface area contributed by atoms with Gasteiger partial charge in [-0.2, -0.15) is 0 Å². The summed E-state index contributed by atoms with van der Waals surface area (Å²) in [5.74, 6) is 0.905. The van der Waals surface area contributed by atoms with E-state index in [-0.39, 0.29) is 5.56 Å². The molecule has 0 aliphatic heterocycles. The first-order valence-corrected chi connectivity index (χ1v) is 4.70. The molecule has 0 N–H and O–H groups in total. The van der Waals surface area contributed by atoms with Crippen LogP contribution in [0.2, 0.25) is 0 Å². The van der Waals surface area contributed by atoms with E-state index in [0.717, 1.165) is 0 Å². The smallest absolute Gasteiger partial charge is 0.257 e. The Labute approximate surface area is 89.8 Å². The molecule has 16 heavy (non-hydrogen) atoms. The molecule has 0 aliphatic rings. The predicted molar refractivity (Wildman–Crippen MR) is 56.4 cm³/mol. The third-order valence-electron chi connectivity index (χ3n) is 2.21. The average molecular weight is 213 g/mol. The summed E-state index contributed by atoms with van der Waals surface area (Å²) in [7, 11) is 0. The Kier molecular flexibility index (Phi) is 1.79. The normalized spacial score (nSPS) is 10.8. The zero-order valence-corrected chi connectivity index (χ0v) is 8.19. The van der Waals surface area contributed by atoms with Gasteiger partial charge in [0.15, 0.2) is 0 Å². The van der Waals surface area contributed by atoms with Gasteiger partial charge in [0.25, 0.3) is 11.3 Å². The molecule has 0 fully saturated rings. The highest BCUT2D eigenvalue weighted by Crippen LogP contribution is 2.02. The molecule has 0 spiro atoms. The monoisotopic (exact) mass is 213 g/mol. The van der Waals surface area contributed by atoms with E-state index in [1.165, 1.54) is 10.6 Å². The second-order valence-electron chi connectivity index (χ2n) is 3.20. The Morgan fingerprint density at radius 1 is 1.06 bits per heavy atom. The molecule has 0 aromatic carbocycles. The fourth-order valence-electron chi connectivity index (χ4n) is 1.49. The lowest BCUT2D eigenvalue weighted by atomic mass is 10.5. The number of hydrogen-bond acceptors (Lipinski definition) is 4. The molecule has 0 amide bonds. The fourth-order valence-corrected chi connectivity index (χ4v) is 1.49. The van der Waals surface area contributed by atoms with E-state index >= 15 is 0 Å². The molecular weight excluding hydrogens is 206 g/mol. The Morgan fingerprint density at radius 3 is 2.88 bits per heavy atom. The molecule has 0 radical (unpaired) electrons. The third-order valence-corrected chi connectivity index (χ3v) is 2.21. The zero-order chi connectivity index (χ0) is 11.0. The molecule has 3 rings (SSSR count). The standard InChI is InChI=1S/C10H7N5O/c16-8-4-1-2-6-14(8)10-13-12-9-11-5-3-7-15(9)10/h1-7H. The Morgan fingerprint density at radius 2 is 2.00 bits per heavy atom. The van der Waals surface area contributed by atoms with Crippen LogP contribution in [-0.2, 0) is 0 Å². The lowest BCUT2D eigenvalue weighted by Gasteiger charge is -2.00. The summed E-state index contributed by atoms with van der Waals surface area (Å²) in [4.78, 5) is 15.7. The first-order valence-electron chi connectivity index (χ1n) is 4.70. The van der Waals surface area contributed by atoms with E-state index in [2.05, 4.69) is 15.2 Å². The van der Waals surface area contributed by atoms with Crippen LogP contribution in [0.1, 0.15) is 0 Å². The molecule has 3 heterocycles. The van der Waals surface area contributed by atoms with Gasteiger partial charge in [-0.25, -0.2) is 4.98 Å². The molecular formula is C10H7N5O. The fraction of sp³-hybridized carbons (Fsp3) is 0. The van der Waals surface area contributed by atoms with Gasteiger partial charge >= 0.3 is 0 Å². The third kappa shape index (κ3) is 1.20. The van der Waals surface area contributed by atoms with Gasteiger partial charge in [-0.05, 0) is 12.1 Å². The van der Waals surface area contributed by atoms with E-state index in [1.807, 2.05) is 0 Å². The van der Waals surface area contributed by atoms with Gasteiger partial charge in [0.1, 0.15) is 0 Å². The first kappa shape index (κ1) is 8.78. The largest absolute Gasteiger partial charge is 0.269 e. The topological polar surface area (TPSA) is 65.1 Å². The summed E-state index contributed by atoms with van der Waals surface area (Å²) in [6.07, 6.45) is 5.03. The maximum absolute atomic E-state index is 11.6. The zero-order valence-electron chi connectivity index (χ0n) is 8.19. The van der Waals surface area contributed by atoms with Crippen molar-refractivity contribution in [2.75, 3.05) is 0 Å². The number of nitrogens with zero attached hydrogens (tertiary/aromatic N) is 5. The van der Waals surface area contributed by atoms with E-state index < -0.39 is 0 Å². The Bertz CT molecular complexity index is 699. The van der Waals surface area contributed by atoms with Crippen molar-refractivity contribution in [3.8, 4) is 5.95 Å². The number of aromatic nitrogens is 5. The Hall–Kier alpha value is -2.50. The number of hydrogen-bond donors (Lipinski definition) is 0. The summed E-state index contributed by atoms with van der Waals surface area (Å²) in [5, 5.41) is 7.82. The van der Waals surface area contributed by atoms with E-state index in [1.54, 1.807) is 41.2 Å². The maximum atomic E-state index is 11.6. The Balaban J connectivity index is 2.35. The molecule has 0 saturated heterocycles. The van der Waals surface area contributed by atoms with Gasteiger partial charge in [0.2, 0.25) is 5.95 Å². The van der Waals surface area contributed by atoms with Gasteiger partial charge in [0, 0.05) is 24.7 Å². The second-order valence-corrected chi connectivity index (χ2v) is 3.20. The van der Waals surface area contributed by atoms with Crippen molar-refractivity contribution < 1.29 is 0 Å². The summed E-state index contributed by atoms with van der Waals surface area (Å²) >= 11 is 0. The highest BCUT2D eigenvalue weighted by atomic mass is 16.1. The van der Waals surface area contributed by atoms with Crippen molar-refractivity contribution in [3.63, 3.8) is 0 Å². The summed E-state index contributed by atoms with van der Waals surface area (Å²) in [6.45, 7) is 0. The minimum atomic E-state index is -0.152. The van der Waals surface area contributed by atoms with Gasteiger partial charge in [-0.3, -0.25) is 13.8 Å². The van der Waals surface area contributed by atoms with Crippen LogP contribution in [0.4, 0.5) is 0 Å². The molecule has 0 bridgehead atoms. The van der Waals surface area contributed by atoms with Crippen LogP contribution in [0.3, 0.4) is 0 Å². The minimum absolute atomic E-state index is 0.152. The van der Waals surface area contributed by atoms with Crippen molar-refractivity contribution in [1.82, 2.24) is 24.1 Å². The van der Waals surface area contributed by atoms with Gasteiger partial charge in [-0.1, -0.05) is 6.07 Å². The van der Waals surface area contributed by atoms with Crippen molar-refractivity contribution in [2.24, 2.45) is 0 Å². The van der Waals surface area contributed by atoms with Crippen molar-refractivity contribution >= 4 is 5.78 Å². The highest BCUT2D eigenvalue weighted by Gasteiger charge is 2.07. The van der Waals surface area contributed by atoms with Crippen LogP contribution in [-0.4, -0.2) is 24.1 Å². The summed E-state index contributed by atoms with van der Waals surface area (Å²) < 4.78 is 3.07. The van der Waals surface area contributed by atoms with E-state index in [9.17, 15) is 4.79 Å². The molecule has 0 aliphatic carbocycles. The molecule has 6 heteroatoms. The van der Waals surface area contributed by atoms with Crippen LogP contribution in [0, 0.1) is 0 Å². The van der Waals surface area contributed by atoms with Crippen molar-refractivity contribution in [3.05, 3.63) is 53.2 Å². The van der Waals surface area contributed by atoms with Crippen LogP contribution in [0.5, 0.6) is 0 Å². The van der Waals surface area contributed by atoms with Crippen LogP contribution < -0.4 is 5.56 Å². The highest BCUT2D eigenvalue weighted by molar-refractivity contribution is 5.32. The van der Waals surface area contributed by atoms with Gasteiger partial charge in [0.05, 0.1) is 0 Å². The van der Waals surface area contributed by atoms with Crippen LogP contribution >= 0.6 is 0 Å². The van der Waals surface area contributed by atoms with Crippen LogP contribution in [0.25, 0.3) is 11.7 Å². The molecule has 0 atom stereocenters. The van der Waals surface area contributed by atoms with Gasteiger partial charge < -0.3 is 0 Å². The summed E-state index contributed by atoms with van der Waals surface area (Å²) in [5.41, 5.74) is -0.152. The quantitative estimate of drug-likeness (QED) is 0.582. The molecule has 0 saturated carbocycles. The molecule has 0 unspecified atom stereocenters. The minimum Gasteiger partial charge on any atom is -0.269 e. The number of pyridine rings is 1. The molecule has 3 aromatic rings. The van der Waals surface area contributed by atoms with Crippen molar-refractivity contribution in [1.29, 1.82) is 0 Å². The van der Waals surface area contributed by atoms with Gasteiger partial charge in [-0.15, -0.1) is 10.2 Å². The summed E-state index contributed by atoms with van der Waals surface area (Å²) in [6, 6.07) is 6.67. The first-order chi connectivity index (χ1) is 7.86. The molecule has 78 valence electrons. The lowest BCUT2D eigenvalue weighted by Crippen LogP contribution is -2.18. The SMILES string of the molecule is O=c1ccccn1-c1nnc2ncccn12. The maximum Gasteiger partial charge on any atom is 0.257 e. The average Bonchev–Trinajstić information content (AvgIpc) is 2.74. The van der Waals surface area contributed by atoms with E-state index in [4.69, 9.17) is 0 Å². The molecule has 3 aromatic heterocycles. The van der Waals surface area contributed by atoms with Crippen molar-refractivity contribution in [2.45, 2.75) is 0 Å². The second kappa shape index (κ2) is 3.27. The van der Waals surface area contributed by atoms with Crippen LogP contribution in [0.15, 0.2) is 47.7 Å². The van der Waals surface area contributed by atoms with E-state index in [0.29, 0.717) is 11.7 Å². The molecule has 6 nitrogen and oxygen atoms in total. The number of rotatable bonds is 1. The lowest BCUT2D eigenvalue weighted by molar-refractivity contribution is 0.866. The number of fused-ring (bicyclic) bond motifs is 1.